The second kappa shape index (κ2) is 8.17. The second-order valence-electron chi connectivity index (χ2n) is 6.14. The van der Waals surface area contributed by atoms with Gasteiger partial charge in [0.2, 0.25) is 0 Å². The molecule has 0 radical (unpaired) electrons. The molecular formula is C20H21N7O. The lowest BCUT2D eigenvalue weighted by molar-refractivity contribution is 0.102. The van der Waals surface area contributed by atoms with Crippen molar-refractivity contribution >= 4 is 29.6 Å². The van der Waals surface area contributed by atoms with Crippen molar-refractivity contribution in [3.8, 4) is 5.69 Å². The van der Waals surface area contributed by atoms with Crippen LogP contribution in [-0.4, -0.2) is 39.4 Å². The van der Waals surface area contributed by atoms with Crippen LogP contribution in [-0.2, 0) is 0 Å². The van der Waals surface area contributed by atoms with Crippen molar-refractivity contribution in [2.45, 2.75) is 6.92 Å². The molecule has 2 heterocycles. The molecule has 0 atom stereocenters. The minimum Gasteiger partial charge on any atom is -0.397 e. The van der Waals surface area contributed by atoms with Gasteiger partial charge in [-0.25, -0.2) is 4.68 Å². The highest BCUT2D eigenvalue weighted by molar-refractivity contribution is 6.04. The lowest BCUT2D eigenvalue weighted by Crippen LogP contribution is -2.15. The summed E-state index contributed by atoms with van der Waals surface area (Å²) in [6.45, 7) is 5.39. The summed E-state index contributed by atoms with van der Waals surface area (Å²) in [6.07, 6.45) is 6.96. The summed E-state index contributed by atoms with van der Waals surface area (Å²) in [4.78, 5) is 16.8. The molecule has 0 saturated carbocycles. The molecule has 0 bridgehead atoms. The SMILES string of the molecule is C=NN(C)/C=C(\C)c1ccc(C(=O)Nc2cc(-n3cccn3)ccc2N)nc1. The minimum atomic E-state index is -0.345. The highest BCUT2D eigenvalue weighted by Crippen LogP contribution is 2.23. The van der Waals surface area contributed by atoms with E-state index in [4.69, 9.17) is 5.73 Å². The maximum Gasteiger partial charge on any atom is 0.274 e. The van der Waals surface area contributed by atoms with Crippen LogP contribution in [0.2, 0.25) is 0 Å². The number of carbonyl (C=O) groups is 1. The van der Waals surface area contributed by atoms with E-state index < -0.39 is 0 Å². The number of benzene rings is 1. The molecule has 3 rings (SSSR count). The zero-order valence-electron chi connectivity index (χ0n) is 15.7. The van der Waals surface area contributed by atoms with Crippen LogP contribution in [0.4, 0.5) is 11.4 Å². The van der Waals surface area contributed by atoms with E-state index in [0.29, 0.717) is 11.4 Å². The molecule has 0 fully saturated rings. The first-order valence-corrected chi connectivity index (χ1v) is 8.53. The van der Waals surface area contributed by atoms with E-state index in [-0.39, 0.29) is 11.6 Å². The van der Waals surface area contributed by atoms with Crippen LogP contribution in [0.25, 0.3) is 11.3 Å². The number of hydrogen-bond acceptors (Lipinski definition) is 6. The molecule has 8 nitrogen and oxygen atoms in total. The minimum absolute atomic E-state index is 0.288. The largest absolute Gasteiger partial charge is 0.397 e. The van der Waals surface area contributed by atoms with Gasteiger partial charge in [0.05, 0.1) is 17.1 Å². The van der Waals surface area contributed by atoms with Gasteiger partial charge in [-0.2, -0.15) is 10.2 Å². The Hall–Kier alpha value is -3.94. The number of hydrazone groups is 1. The zero-order chi connectivity index (χ0) is 20.1. The summed E-state index contributed by atoms with van der Waals surface area (Å²) < 4.78 is 1.69. The van der Waals surface area contributed by atoms with Gasteiger partial charge in [0, 0.05) is 38.6 Å². The van der Waals surface area contributed by atoms with Gasteiger partial charge in [0.1, 0.15) is 5.69 Å². The molecule has 0 unspecified atom stereocenters. The monoisotopic (exact) mass is 375 g/mol. The molecule has 142 valence electrons. The zero-order valence-corrected chi connectivity index (χ0v) is 15.7. The lowest BCUT2D eigenvalue weighted by atomic mass is 10.1. The van der Waals surface area contributed by atoms with Gasteiger partial charge < -0.3 is 11.1 Å². The fraction of sp³-hybridized carbons (Fsp3) is 0.100. The van der Waals surface area contributed by atoms with Crippen LogP contribution in [0.15, 0.2) is 66.3 Å². The fourth-order valence-corrected chi connectivity index (χ4v) is 2.56. The number of anilines is 2. The quantitative estimate of drug-likeness (QED) is 0.392. The number of amides is 1. The second-order valence-corrected chi connectivity index (χ2v) is 6.14. The highest BCUT2D eigenvalue weighted by atomic mass is 16.1. The van der Waals surface area contributed by atoms with E-state index in [1.807, 2.05) is 37.5 Å². The number of nitrogen functional groups attached to an aromatic ring is 1. The molecule has 3 aromatic rings. The van der Waals surface area contributed by atoms with Gasteiger partial charge in [-0.15, -0.1) is 0 Å². The molecule has 0 aliphatic rings. The normalized spacial score (nSPS) is 11.1. The molecule has 0 aliphatic carbocycles. The molecule has 28 heavy (non-hydrogen) atoms. The van der Waals surface area contributed by atoms with Crippen LogP contribution < -0.4 is 11.1 Å². The van der Waals surface area contributed by atoms with Gasteiger partial charge in [-0.3, -0.25) is 14.8 Å². The van der Waals surface area contributed by atoms with Gasteiger partial charge in [0.15, 0.2) is 0 Å². The smallest absolute Gasteiger partial charge is 0.274 e. The van der Waals surface area contributed by atoms with Crippen molar-refractivity contribution in [2.24, 2.45) is 5.10 Å². The molecule has 2 aromatic heterocycles. The van der Waals surface area contributed by atoms with Crippen LogP contribution in [0.3, 0.4) is 0 Å². The summed E-state index contributed by atoms with van der Waals surface area (Å²) in [7, 11) is 1.79. The Morgan fingerprint density at radius 2 is 2.18 bits per heavy atom. The standard InChI is InChI=1S/C20H21N7O/c1-14(13-26(3)22-2)15-5-8-18(23-12-15)20(28)25-19-11-16(6-7-17(19)21)27-10-4-9-24-27/h4-13H,2,21H2,1,3H3,(H,25,28)/b14-13+. The van der Waals surface area contributed by atoms with Crippen molar-refractivity contribution in [1.82, 2.24) is 19.8 Å². The molecule has 8 heteroatoms. The number of rotatable bonds is 6. The van der Waals surface area contributed by atoms with E-state index in [2.05, 4.69) is 27.2 Å². The molecule has 1 amide bonds. The van der Waals surface area contributed by atoms with Gasteiger partial charge in [0.25, 0.3) is 5.91 Å². The third kappa shape index (κ3) is 4.24. The number of aromatic nitrogens is 3. The van der Waals surface area contributed by atoms with Crippen LogP contribution in [0, 0.1) is 0 Å². The summed E-state index contributed by atoms with van der Waals surface area (Å²) >= 11 is 0. The number of nitrogens with one attached hydrogen (secondary N) is 1. The van der Waals surface area contributed by atoms with Crippen molar-refractivity contribution in [1.29, 1.82) is 0 Å². The fourth-order valence-electron chi connectivity index (χ4n) is 2.56. The number of nitrogens with two attached hydrogens (primary N) is 1. The Bertz CT molecular complexity index is 1010. The predicted octanol–water partition coefficient (Wildman–Crippen LogP) is 3.01. The highest BCUT2D eigenvalue weighted by Gasteiger charge is 2.11. The predicted molar refractivity (Wildman–Crippen MR) is 111 cm³/mol. The van der Waals surface area contributed by atoms with Crippen molar-refractivity contribution in [3.63, 3.8) is 0 Å². The van der Waals surface area contributed by atoms with E-state index >= 15 is 0 Å². The number of carbonyl (C=O) groups excluding carboxylic acids is 1. The summed E-state index contributed by atoms with van der Waals surface area (Å²) in [5, 5.41) is 12.4. The average molecular weight is 375 g/mol. The van der Waals surface area contributed by atoms with Gasteiger partial charge in [-0.05, 0) is 48.4 Å². The molecule has 0 aliphatic heterocycles. The summed E-state index contributed by atoms with van der Waals surface area (Å²) in [5.74, 6) is -0.345. The van der Waals surface area contributed by atoms with Crippen LogP contribution in [0.5, 0.6) is 0 Å². The molecule has 0 saturated heterocycles. The Morgan fingerprint density at radius 1 is 1.36 bits per heavy atom. The Morgan fingerprint density at radius 3 is 2.82 bits per heavy atom. The first-order valence-electron chi connectivity index (χ1n) is 8.53. The number of allylic oxidation sites excluding steroid dienone is 1. The average Bonchev–Trinajstić information content (AvgIpc) is 3.24. The van der Waals surface area contributed by atoms with E-state index in [1.54, 1.807) is 47.3 Å². The third-order valence-electron chi connectivity index (χ3n) is 4.11. The summed E-state index contributed by atoms with van der Waals surface area (Å²) in [6, 6.07) is 10.6. The molecule has 1 aromatic carbocycles. The Balaban J connectivity index is 1.77. The molecule has 3 N–H and O–H groups in total. The van der Waals surface area contributed by atoms with Gasteiger partial charge in [-0.1, -0.05) is 6.07 Å². The van der Waals surface area contributed by atoms with Crippen LogP contribution in [0.1, 0.15) is 23.0 Å². The van der Waals surface area contributed by atoms with Crippen molar-refractivity contribution in [3.05, 3.63) is 72.4 Å². The van der Waals surface area contributed by atoms with Crippen molar-refractivity contribution < 1.29 is 4.79 Å². The van der Waals surface area contributed by atoms with E-state index in [0.717, 1.165) is 16.8 Å². The van der Waals surface area contributed by atoms with E-state index in [1.165, 1.54) is 0 Å². The maximum atomic E-state index is 12.6. The molecular weight excluding hydrogens is 354 g/mol. The van der Waals surface area contributed by atoms with Crippen LogP contribution >= 0.6 is 0 Å². The Labute approximate surface area is 163 Å². The number of nitrogens with zero attached hydrogens (tertiary/aromatic N) is 5. The topological polar surface area (TPSA) is 101 Å². The van der Waals surface area contributed by atoms with Crippen molar-refractivity contribution in [2.75, 3.05) is 18.1 Å². The summed E-state index contributed by atoms with van der Waals surface area (Å²) in [5.41, 5.74) is 9.87. The number of hydrogen-bond donors (Lipinski definition) is 2. The number of pyridine rings is 1. The first kappa shape index (κ1) is 18.8. The third-order valence-corrected chi connectivity index (χ3v) is 4.11. The van der Waals surface area contributed by atoms with E-state index in [9.17, 15) is 4.79 Å². The maximum absolute atomic E-state index is 12.6. The lowest BCUT2D eigenvalue weighted by Gasteiger charge is -2.11. The first-order chi connectivity index (χ1) is 13.5. The van der Waals surface area contributed by atoms with Gasteiger partial charge >= 0.3 is 0 Å². The molecule has 0 spiro atoms. The Kier molecular flexibility index (Phi) is 5.50.